The average molecular weight is 332 g/mol. The molecule has 1 saturated heterocycles. The highest BCUT2D eigenvalue weighted by molar-refractivity contribution is 5.78. The van der Waals surface area contributed by atoms with E-state index in [4.69, 9.17) is 0 Å². The van der Waals surface area contributed by atoms with Gasteiger partial charge in [0.25, 0.3) is 0 Å². The van der Waals surface area contributed by atoms with Crippen molar-refractivity contribution in [1.82, 2.24) is 9.80 Å². The molecule has 0 aromatic heterocycles. The number of hydrogen-bond acceptors (Lipinski definition) is 3. The molecule has 0 unspecified atom stereocenters. The van der Waals surface area contributed by atoms with Gasteiger partial charge in [-0.1, -0.05) is 19.1 Å². The smallest absolute Gasteiger partial charge is 0.226 e. The zero-order chi connectivity index (χ0) is 17.7. The summed E-state index contributed by atoms with van der Waals surface area (Å²) in [4.78, 5) is 16.5. The highest BCUT2D eigenvalue weighted by Crippen LogP contribution is 2.24. The molecule has 134 valence electrons. The molecular formula is C20H33N3O. The Kier molecular flexibility index (Phi) is 6.67. The number of likely N-dealkylation sites (N-methyl/N-ethyl adjacent to an activating group) is 1. The Morgan fingerprint density at radius 3 is 2.42 bits per heavy atom. The largest absolute Gasteiger partial charge is 0.382 e. The Labute approximate surface area is 147 Å². The lowest BCUT2D eigenvalue weighted by Gasteiger charge is -2.40. The average Bonchev–Trinajstić information content (AvgIpc) is 2.55. The second-order valence-corrected chi connectivity index (χ2v) is 7.19. The lowest BCUT2D eigenvalue weighted by atomic mass is 9.89. The van der Waals surface area contributed by atoms with Gasteiger partial charge in [0.15, 0.2) is 0 Å². The summed E-state index contributed by atoms with van der Waals surface area (Å²) in [6.45, 7) is 11.4. The minimum atomic E-state index is 0.207. The van der Waals surface area contributed by atoms with E-state index in [9.17, 15) is 4.79 Å². The van der Waals surface area contributed by atoms with Crippen LogP contribution >= 0.6 is 0 Å². The van der Waals surface area contributed by atoms with E-state index in [2.05, 4.69) is 55.4 Å². The third-order valence-corrected chi connectivity index (χ3v) is 5.39. The van der Waals surface area contributed by atoms with Crippen molar-refractivity contribution in [3.05, 3.63) is 29.8 Å². The van der Waals surface area contributed by atoms with E-state index in [-0.39, 0.29) is 5.91 Å². The number of hydrogen-bond donors (Lipinski definition) is 1. The first-order chi connectivity index (χ1) is 11.4. The van der Waals surface area contributed by atoms with Gasteiger partial charge in [-0.3, -0.25) is 4.79 Å². The predicted octanol–water partition coefficient (Wildman–Crippen LogP) is 3.24. The predicted molar refractivity (Wildman–Crippen MR) is 101 cm³/mol. The zero-order valence-electron chi connectivity index (χ0n) is 15.9. The monoisotopic (exact) mass is 331 g/mol. The van der Waals surface area contributed by atoms with E-state index in [1.165, 1.54) is 6.42 Å². The van der Waals surface area contributed by atoms with Crippen LogP contribution in [0.1, 0.15) is 39.7 Å². The number of rotatable bonds is 6. The lowest BCUT2D eigenvalue weighted by molar-refractivity contribution is -0.130. The molecule has 0 bridgehead atoms. The number of likely N-dealkylation sites (tertiary alicyclic amines) is 1. The number of piperidine rings is 1. The van der Waals surface area contributed by atoms with Crippen molar-refractivity contribution in [3.63, 3.8) is 0 Å². The highest BCUT2D eigenvalue weighted by Gasteiger charge is 2.28. The lowest BCUT2D eigenvalue weighted by Crippen LogP contribution is -2.48. The van der Waals surface area contributed by atoms with Crippen molar-refractivity contribution in [1.29, 1.82) is 0 Å². The zero-order valence-corrected chi connectivity index (χ0v) is 15.9. The molecule has 1 aliphatic heterocycles. The van der Waals surface area contributed by atoms with Crippen LogP contribution in [0.5, 0.6) is 0 Å². The van der Waals surface area contributed by atoms with Crippen molar-refractivity contribution in [2.75, 3.05) is 32.0 Å². The maximum Gasteiger partial charge on any atom is 0.226 e. The second kappa shape index (κ2) is 8.52. The number of anilines is 1. The Balaban J connectivity index is 1.93. The maximum atomic E-state index is 12.2. The molecule has 2 rings (SSSR count). The highest BCUT2D eigenvalue weighted by atomic mass is 16.2. The van der Waals surface area contributed by atoms with Gasteiger partial charge in [0.05, 0.1) is 6.42 Å². The first-order valence-corrected chi connectivity index (χ1v) is 9.28. The summed E-state index contributed by atoms with van der Waals surface area (Å²) in [5.41, 5.74) is 2.24. The molecule has 4 nitrogen and oxygen atoms in total. The van der Waals surface area contributed by atoms with Crippen molar-refractivity contribution in [2.24, 2.45) is 5.92 Å². The first-order valence-electron chi connectivity index (χ1n) is 9.28. The van der Waals surface area contributed by atoms with Gasteiger partial charge in [0, 0.05) is 37.4 Å². The van der Waals surface area contributed by atoms with Crippen LogP contribution in [0.3, 0.4) is 0 Å². The molecule has 1 aromatic rings. The van der Waals surface area contributed by atoms with E-state index in [0.717, 1.165) is 30.9 Å². The second-order valence-electron chi connectivity index (χ2n) is 7.19. The minimum absolute atomic E-state index is 0.207. The fourth-order valence-electron chi connectivity index (χ4n) is 3.54. The molecule has 1 aliphatic rings. The fourth-order valence-corrected chi connectivity index (χ4v) is 3.54. The van der Waals surface area contributed by atoms with Crippen molar-refractivity contribution < 1.29 is 4.79 Å². The number of nitrogens with zero attached hydrogens (tertiary/aromatic N) is 2. The number of benzene rings is 1. The van der Waals surface area contributed by atoms with E-state index < -0.39 is 0 Å². The molecular weight excluding hydrogens is 298 g/mol. The molecule has 0 radical (unpaired) electrons. The Morgan fingerprint density at radius 1 is 1.21 bits per heavy atom. The van der Waals surface area contributed by atoms with E-state index in [1.54, 1.807) is 0 Å². The van der Waals surface area contributed by atoms with Gasteiger partial charge in [-0.2, -0.15) is 0 Å². The molecule has 0 aliphatic carbocycles. The number of nitrogens with one attached hydrogen (secondary N) is 1. The summed E-state index contributed by atoms with van der Waals surface area (Å²) < 4.78 is 0. The summed E-state index contributed by atoms with van der Waals surface area (Å²) in [5, 5.41) is 3.69. The molecule has 1 amide bonds. The topological polar surface area (TPSA) is 35.6 Å². The third kappa shape index (κ3) is 4.73. The summed E-state index contributed by atoms with van der Waals surface area (Å²) >= 11 is 0. The molecule has 0 saturated carbocycles. The summed E-state index contributed by atoms with van der Waals surface area (Å²) in [6, 6.07) is 9.50. The van der Waals surface area contributed by atoms with Crippen molar-refractivity contribution >= 4 is 11.6 Å². The molecule has 3 atom stereocenters. The fraction of sp³-hybridized carbons (Fsp3) is 0.650. The Morgan fingerprint density at radius 2 is 1.83 bits per heavy atom. The number of carbonyl (C=O) groups is 1. The van der Waals surface area contributed by atoms with Crippen LogP contribution in [0.15, 0.2) is 24.3 Å². The maximum absolute atomic E-state index is 12.2. The molecule has 1 aromatic carbocycles. The summed E-state index contributed by atoms with van der Waals surface area (Å²) in [6.07, 6.45) is 1.66. The number of carbonyl (C=O) groups excluding carboxylic acids is 1. The molecule has 4 heteroatoms. The number of amides is 1. The minimum Gasteiger partial charge on any atom is -0.382 e. The van der Waals surface area contributed by atoms with Crippen molar-refractivity contribution in [2.45, 2.75) is 52.6 Å². The van der Waals surface area contributed by atoms with Crippen LogP contribution in [0.25, 0.3) is 0 Å². The molecule has 0 spiro atoms. The Hall–Kier alpha value is -1.55. The quantitative estimate of drug-likeness (QED) is 0.869. The van der Waals surface area contributed by atoms with E-state index in [1.807, 2.05) is 18.7 Å². The van der Waals surface area contributed by atoms with Crippen LogP contribution in [0, 0.1) is 5.92 Å². The van der Waals surface area contributed by atoms with Crippen LogP contribution in [0.4, 0.5) is 5.69 Å². The van der Waals surface area contributed by atoms with Crippen LogP contribution < -0.4 is 5.32 Å². The SMILES string of the molecule is CCN(CC)C(=O)Cc1ccc(N[C@@H]2C[C@@H](C)N(C)C[C@@H]2C)cc1. The molecule has 1 heterocycles. The van der Waals surface area contributed by atoms with Gasteiger partial charge in [-0.25, -0.2) is 0 Å². The standard InChI is InChI=1S/C20H33N3O/c1-6-23(7-2)20(24)13-17-8-10-18(11-9-17)21-19-12-16(4)22(5)14-15(19)3/h8-11,15-16,19,21H,6-7,12-14H2,1-5H3/t15-,16+,19+/m0/s1. The van der Waals surface area contributed by atoms with E-state index >= 15 is 0 Å². The molecule has 1 fully saturated rings. The van der Waals surface area contributed by atoms with Crippen molar-refractivity contribution in [3.8, 4) is 0 Å². The van der Waals surface area contributed by atoms with Gasteiger partial charge in [-0.15, -0.1) is 0 Å². The van der Waals surface area contributed by atoms with Gasteiger partial charge in [0.2, 0.25) is 5.91 Å². The molecule has 24 heavy (non-hydrogen) atoms. The van der Waals surface area contributed by atoms with Crippen LogP contribution in [0.2, 0.25) is 0 Å². The Bertz CT molecular complexity index is 524. The van der Waals surface area contributed by atoms with Gasteiger partial charge in [-0.05, 0) is 57.9 Å². The summed E-state index contributed by atoms with van der Waals surface area (Å²) in [7, 11) is 2.21. The third-order valence-electron chi connectivity index (χ3n) is 5.39. The first kappa shape index (κ1) is 18.8. The van der Waals surface area contributed by atoms with Gasteiger partial charge in [0.1, 0.15) is 0 Å². The molecule has 1 N–H and O–H groups in total. The van der Waals surface area contributed by atoms with Crippen LogP contribution in [-0.4, -0.2) is 54.5 Å². The van der Waals surface area contributed by atoms with Gasteiger partial charge >= 0.3 is 0 Å². The van der Waals surface area contributed by atoms with Gasteiger partial charge < -0.3 is 15.1 Å². The van der Waals surface area contributed by atoms with Crippen LogP contribution in [-0.2, 0) is 11.2 Å². The summed E-state index contributed by atoms with van der Waals surface area (Å²) in [5.74, 6) is 0.841. The normalized spacial score (nSPS) is 24.6. The van der Waals surface area contributed by atoms with E-state index in [0.29, 0.717) is 24.4 Å².